The van der Waals surface area contributed by atoms with Crippen LogP contribution in [0.4, 0.5) is 0 Å². The van der Waals surface area contributed by atoms with E-state index >= 15 is 0 Å². The van der Waals surface area contributed by atoms with E-state index in [9.17, 15) is 8.42 Å². The van der Waals surface area contributed by atoms with Crippen LogP contribution in [0.3, 0.4) is 0 Å². The van der Waals surface area contributed by atoms with E-state index in [0.29, 0.717) is 32.2 Å². The zero-order valence-electron chi connectivity index (χ0n) is 16.1. The van der Waals surface area contributed by atoms with Crippen molar-refractivity contribution in [2.75, 3.05) is 32.5 Å². The van der Waals surface area contributed by atoms with E-state index in [4.69, 9.17) is 4.74 Å². The topological polar surface area (TPSA) is 83.0 Å². The van der Waals surface area contributed by atoms with Crippen molar-refractivity contribution in [3.63, 3.8) is 0 Å². The highest BCUT2D eigenvalue weighted by atomic mass is 32.2. The Morgan fingerprint density at radius 1 is 1.37 bits per heavy atom. The average molecular weight is 395 g/mol. The number of hydrogen-bond donors (Lipinski definition) is 2. The first-order valence-corrected chi connectivity index (χ1v) is 10.9. The largest absolute Gasteiger partial charge is 0.489 e. The molecule has 7 nitrogen and oxygen atoms in total. The second-order valence-electron chi connectivity index (χ2n) is 6.35. The molecule has 0 bridgehead atoms. The lowest BCUT2D eigenvalue weighted by molar-refractivity contribution is 0.306. The van der Waals surface area contributed by atoms with Crippen LogP contribution in [-0.4, -0.2) is 57.2 Å². The van der Waals surface area contributed by atoms with Crippen molar-refractivity contribution in [2.24, 2.45) is 4.99 Å². The lowest BCUT2D eigenvalue weighted by Gasteiger charge is -2.32. The van der Waals surface area contributed by atoms with Gasteiger partial charge in [0, 0.05) is 38.3 Å². The van der Waals surface area contributed by atoms with E-state index in [0.717, 1.165) is 24.2 Å². The van der Waals surface area contributed by atoms with Gasteiger partial charge in [-0.05, 0) is 25.8 Å². The summed E-state index contributed by atoms with van der Waals surface area (Å²) in [6.07, 6.45) is 3.24. The number of aliphatic imine (C=N–C) groups is 1. The van der Waals surface area contributed by atoms with Crippen LogP contribution in [0.15, 0.2) is 41.9 Å². The Morgan fingerprint density at radius 2 is 2.07 bits per heavy atom. The van der Waals surface area contributed by atoms with Crippen molar-refractivity contribution in [3.8, 4) is 5.75 Å². The summed E-state index contributed by atoms with van der Waals surface area (Å²) in [6.45, 7) is 7.49. The molecular weight excluding hydrogens is 364 g/mol. The highest BCUT2D eigenvalue weighted by Crippen LogP contribution is 2.18. The fourth-order valence-electron chi connectivity index (χ4n) is 2.97. The van der Waals surface area contributed by atoms with Crippen molar-refractivity contribution in [1.29, 1.82) is 0 Å². The molecule has 0 aliphatic carbocycles. The maximum absolute atomic E-state index is 12.0. The Bertz CT molecular complexity index is 741. The predicted molar refractivity (Wildman–Crippen MR) is 110 cm³/mol. The number of rotatable bonds is 8. The summed E-state index contributed by atoms with van der Waals surface area (Å²) < 4.78 is 31.2. The lowest BCUT2D eigenvalue weighted by Crippen LogP contribution is -2.49. The number of benzene rings is 1. The molecule has 0 spiro atoms. The van der Waals surface area contributed by atoms with Crippen LogP contribution in [0.25, 0.3) is 0 Å². The van der Waals surface area contributed by atoms with E-state index in [-0.39, 0.29) is 11.8 Å². The molecule has 1 aliphatic rings. The highest BCUT2D eigenvalue weighted by Gasteiger charge is 2.26. The first-order chi connectivity index (χ1) is 13.0. The predicted octanol–water partition coefficient (Wildman–Crippen LogP) is 1.73. The number of sulfonamides is 1. The van der Waals surface area contributed by atoms with Gasteiger partial charge in [0.05, 0.1) is 5.75 Å². The van der Waals surface area contributed by atoms with Crippen molar-refractivity contribution in [2.45, 2.75) is 32.4 Å². The van der Waals surface area contributed by atoms with Gasteiger partial charge in [-0.3, -0.25) is 4.99 Å². The van der Waals surface area contributed by atoms with Crippen LogP contribution in [0.1, 0.15) is 25.3 Å². The molecule has 1 saturated heterocycles. The molecule has 1 aromatic carbocycles. The number of piperidine rings is 1. The van der Waals surface area contributed by atoms with Gasteiger partial charge < -0.3 is 15.4 Å². The number of nitrogens with zero attached hydrogens (tertiary/aromatic N) is 2. The molecule has 1 aromatic rings. The van der Waals surface area contributed by atoms with Gasteiger partial charge in [-0.15, -0.1) is 0 Å². The van der Waals surface area contributed by atoms with Gasteiger partial charge in [0.15, 0.2) is 5.96 Å². The van der Waals surface area contributed by atoms with E-state index in [1.807, 2.05) is 24.3 Å². The summed E-state index contributed by atoms with van der Waals surface area (Å²) in [6, 6.07) is 8.05. The molecule has 0 saturated carbocycles. The zero-order valence-corrected chi connectivity index (χ0v) is 17.0. The molecule has 150 valence electrons. The number of nitrogens with one attached hydrogen (secondary N) is 2. The standard InChI is InChI=1S/C19H30N4O3S/c1-4-14-26-18-9-7-6-8-16(18)15-21-19(20-3)22-17-10-12-23(13-11-17)27(24,25)5-2/h4,6-9,17H,1,5,10-15H2,2-3H3,(H2,20,21,22). The van der Waals surface area contributed by atoms with Crippen LogP contribution in [0.5, 0.6) is 5.75 Å². The third-order valence-electron chi connectivity index (χ3n) is 4.55. The Labute approximate surface area is 162 Å². The molecule has 0 amide bonds. The third-order valence-corrected chi connectivity index (χ3v) is 6.43. The fraction of sp³-hybridized carbons (Fsp3) is 0.526. The monoisotopic (exact) mass is 394 g/mol. The van der Waals surface area contributed by atoms with Crippen molar-refractivity contribution >= 4 is 16.0 Å². The molecule has 0 unspecified atom stereocenters. The number of ether oxygens (including phenoxy) is 1. The summed E-state index contributed by atoms with van der Waals surface area (Å²) >= 11 is 0. The summed E-state index contributed by atoms with van der Waals surface area (Å²) in [7, 11) is -1.37. The smallest absolute Gasteiger partial charge is 0.213 e. The van der Waals surface area contributed by atoms with Gasteiger partial charge in [0.2, 0.25) is 10.0 Å². The molecule has 0 radical (unpaired) electrons. The van der Waals surface area contributed by atoms with Crippen molar-refractivity contribution in [3.05, 3.63) is 42.5 Å². The number of para-hydroxylation sites is 1. The van der Waals surface area contributed by atoms with Crippen LogP contribution in [0, 0.1) is 0 Å². The molecule has 1 heterocycles. The van der Waals surface area contributed by atoms with Crippen LogP contribution in [0.2, 0.25) is 0 Å². The maximum atomic E-state index is 12.0. The molecule has 1 aliphatic heterocycles. The Morgan fingerprint density at radius 3 is 2.70 bits per heavy atom. The Balaban J connectivity index is 1.86. The first kappa shape index (κ1) is 21.2. The maximum Gasteiger partial charge on any atom is 0.213 e. The SMILES string of the molecule is C=CCOc1ccccc1CNC(=NC)NC1CCN(S(=O)(=O)CC)CC1. The van der Waals surface area contributed by atoms with Crippen molar-refractivity contribution in [1.82, 2.24) is 14.9 Å². The minimum Gasteiger partial charge on any atom is -0.489 e. The fourth-order valence-corrected chi connectivity index (χ4v) is 4.10. The lowest BCUT2D eigenvalue weighted by atomic mass is 10.1. The molecule has 2 N–H and O–H groups in total. The number of hydrogen-bond acceptors (Lipinski definition) is 4. The summed E-state index contributed by atoms with van der Waals surface area (Å²) in [4.78, 5) is 4.28. The van der Waals surface area contributed by atoms with Crippen molar-refractivity contribution < 1.29 is 13.2 Å². The molecule has 8 heteroatoms. The van der Waals surface area contributed by atoms with Gasteiger partial charge in [-0.25, -0.2) is 12.7 Å². The highest BCUT2D eigenvalue weighted by molar-refractivity contribution is 7.89. The zero-order chi connectivity index (χ0) is 19.7. The first-order valence-electron chi connectivity index (χ1n) is 9.26. The molecule has 2 rings (SSSR count). The quantitative estimate of drug-likeness (QED) is 0.399. The third kappa shape index (κ3) is 6.25. The van der Waals surface area contributed by atoms with Gasteiger partial charge in [0.1, 0.15) is 12.4 Å². The summed E-state index contributed by atoms with van der Waals surface area (Å²) in [5.41, 5.74) is 1.03. The minimum atomic E-state index is -3.10. The van der Waals surface area contributed by atoms with E-state index < -0.39 is 10.0 Å². The van der Waals surface area contributed by atoms with Gasteiger partial charge >= 0.3 is 0 Å². The molecular formula is C19H30N4O3S. The molecule has 0 aromatic heterocycles. The average Bonchev–Trinajstić information content (AvgIpc) is 2.70. The van der Waals surface area contributed by atoms with E-state index in [2.05, 4.69) is 22.2 Å². The van der Waals surface area contributed by atoms with E-state index in [1.54, 1.807) is 24.4 Å². The summed E-state index contributed by atoms with van der Waals surface area (Å²) in [5, 5.41) is 6.69. The second kappa shape index (κ2) is 10.3. The molecule has 27 heavy (non-hydrogen) atoms. The normalized spacial score (nSPS) is 16.7. The number of guanidine groups is 1. The second-order valence-corrected chi connectivity index (χ2v) is 8.61. The van der Waals surface area contributed by atoms with Gasteiger partial charge in [-0.2, -0.15) is 0 Å². The van der Waals surface area contributed by atoms with Crippen LogP contribution in [-0.2, 0) is 16.6 Å². The van der Waals surface area contributed by atoms with Crippen LogP contribution < -0.4 is 15.4 Å². The minimum absolute atomic E-state index is 0.154. The van der Waals surface area contributed by atoms with Gasteiger partial charge in [0.25, 0.3) is 0 Å². The Kier molecular flexibility index (Phi) is 8.12. The molecule has 0 atom stereocenters. The van der Waals surface area contributed by atoms with Gasteiger partial charge in [-0.1, -0.05) is 30.9 Å². The Hall–Kier alpha value is -2.06. The van der Waals surface area contributed by atoms with E-state index in [1.165, 1.54) is 0 Å². The van der Waals surface area contributed by atoms with Crippen LogP contribution >= 0.6 is 0 Å². The molecule has 1 fully saturated rings. The summed E-state index contributed by atoms with van der Waals surface area (Å²) in [5.74, 6) is 1.67.